The Bertz CT molecular complexity index is 1740. The van der Waals surface area contributed by atoms with Gasteiger partial charge >= 0.3 is 12.1 Å². The van der Waals surface area contributed by atoms with E-state index in [1.807, 2.05) is 18.2 Å². The minimum Gasteiger partial charge on any atom is -0.490 e. The molecule has 7 fully saturated rings. The molecule has 5 saturated carbocycles. The number of alkyl halides is 4. The van der Waals surface area contributed by atoms with Gasteiger partial charge in [0.2, 0.25) is 5.95 Å². The van der Waals surface area contributed by atoms with Gasteiger partial charge < -0.3 is 24.8 Å². The molecule has 5 aliphatic carbocycles. The number of halogens is 4. The van der Waals surface area contributed by atoms with Crippen LogP contribution in [0.3, 0.4) is 0 Å². The summed E-state index contributed by atoms with van der Waals surface area (Å²) in [5.41, 5.74) is -3.60. The summed E-state index contributed by atoms with van der Waals surface area (Å²) in [6.45, 7) is 2.51. The van der Waals surface area contributed by atoms with Crippen LogP contribution in [0, 0.1) is 23.7 Å². The molecule has 10 rings (SSSR count). The first-order chi connectivity index (χ1) is 25.3. The van der Waals surface area contributed by atoms with Gasteiger partial charge in [0, 0.05) is 43.5 Å². The van der Waals surface area contributed by atoms with Crippen molar-refractivity contribution in [3.63, 3.8) is 0 Å². The Morgan fingerprint density at radius 2 is 1.68 bits per heavy atom. The van der Waals surface area contributed by atoms with Gasteiger partial charge in [-0.2, -0.15) is 13.2 Å². The minimum absolute atomic E-state index is 0.0344. The first kappa shape index (κ1) is 35.2. The van der Waals surface area contributed by atoms with Crippen molar-refractivity contribution >= 4 is 23.5 Å². The summed E-state index contributed by atoms with van der Waals surface area (Å²) in [4.78, 5) is 38.9. The van der Waals surface area contributed by atoms with Crippen LogP contribution >= 0.6 is 0 Å². The quantitative estimate of drug-likeness (QED) is 0.295. The predicted octanol–water partition coefficient (Wildman–Crippen LogP) is 6.44. The summed E-state index contributed by atoms with van der Waals surface area (Å²) >= 11 is 0. The maximum Gasteiger partial charge on any atom is 0.434 e. The van der Waals surface area contributed by atoms with Gasteiger partial charge in [0.25, 0.3) is 5.91 Å². The number of carboxylic acids is 1. The van der Waals surface area contributed by atoms with E-state index < -0.39 is 40.5 Å². The molecule has 3 aliphatic heterocycles. The van der Waals surface area contributed by atoms with Crippen LogP contribution in [0.5, 0.6) is 5.75 Å². The highest BCUT2D eigenvalue weighted by Crippen LogP contribution is 2.59. The zero-order valence-electron chi connectivity index (χ0n) is 29.8. The molecular formula is C39H47F4N5O5. The molecule has 4 bridgehead atoms. The van der Waals surface area contributed by atoms with Crippen molar-refractivity contribution in [1.29, 1.82) is 0 Å². The van der Waals surface area contributed by atoms with E-state index >= 15 is 0 Å². The number of aliphatic carboxylic acids is 1. The molecule has 0 unspecified atom stereocenters. The topological polar surface area (TPSA) is 117 Å². The first-order valence-corrected chi connectivity index (χ1v) is 19.4. The number of hydrogen-bond acceptors (Lipinski definition) is 8. The van der Waals surface area contributed by atoms with Crippen LogP contribution in [-0.4, -0.2) is 88.6 Å². The van der Waals surface area contributed by atoms with Gasteiger partial charge in [0.1, 0.15) is 17.4 Å². The Kier molecular flexibility index (Phi) is 8.49. The zero-order chi connectivity index (χ0) is 36.8. The summed E-state index contributed by atoms with van der Waals surface area (Å²) in [7, 11) is 0. The molecule has 53 heavy (non-hydrogen) atoms. The van der Waals surface area contributed by atoms with Crippen molar-refractivity contribution in [2.24, 2.45) is 23.7 Å². The molecule has 286 valence electrons. The Balaban J connectivity index is 0.975. The average molecular weight is 742 g/mol. The van der Waals surface area contributed by atoms with Crippen LogP contribution in [0.15, 0.2) is 24.4 Å². The monoisotopic (exact) mass is 741 g/mol. The molecule has 0 atom stereocenters. The number of piperidine rings is 1. The lowest BCUT2D eigenvalue weighted by Crippen LogP contribution is -2.70. The first-order valence-electron chi connectivity index (χ1n) is 19.4. The minimum atomic E-state index is -4.99. The SMILES string of the molecule is O=C(NC1(C(=O)O)C2CC3CC(C2)CC1C3)c1cnc(N2CC3(CCCCC3)c3cc(OC4CCN(CC5(F)COC5)CC4)ccc32)nc1C(F)(F)F. The Morgan fingerprint density at radius 3 is 2.28 bits per heavy atom. The summed E-state index contributed by atoms with van der Waals surface area (Å²) in [6, 6.07) is 5.73. The number of fused-ring (bicyclic) bond motifs is 2. The highest BCUT2D eigenvalue weighted by Gasteiger charge is 2.62. The van der Waals surface area contributed by atoms with E-state index in [1.165, 1.54) is 0 Å². The van der Waals surface area contributed by atoms with Crippen molar-refractivity contribution in [3.8, 4) is 5.75 Å². The number of anilines is 2. The molecule has 0 radical (unpaired) electrons. The largest absolute Gasteiger partial charge is 0.490 e. The van der Waals surface area contributed by atoms with Crippen LogP contribution in [0.25, 0.3) is 0 Å². The number of rotatable bonds is 8. The number of carbonyl (C=O) groups is 2. The number of amides is 1. The Labute approximate surface area is 306 Å². The van der Waals surface area contributed by atoms with E-state index in [4.69, 9.17) is 9.47 Å². The Hall–Kier alpha value is -3.52. The summed E-state index contributed by atoms with van der Waals surface area (Å²) in [5.74, 6) is -1.57. The second kappa shape index (κ2) is 12.8. The molecule has 4 heterocycles. The van der Waals surface area contributed by atoms with E-state index in [-0.39, 0.29) is 42.5 Å². The standard InChI is InChI=1S/C39H47F4N5O5/c40-37(21-52-22-37)20-47-10-6-27(7-11-47)53-28-4-5-31-30(17-28)36(8-2-1-3-9-36)19-48(31)35-44-18-29(32(45-35)39(41,42)43)33(49)46-38(34(50)51)25-13-23-12-24(15-25)16-26(38)14-23/h4-5,17-18,23-27H,1-3,6-16,19-22H2,(H,46,49)(H,50,51). The molecule has 2 saturated heterocycles. The van der Waals surface area contributed by atoms with E-state index in [1.54, 1.807) is 4.90 Å². The fraction of sp³-hybridized carbons (Fsp3) is 0.692. The van der Waals surface area contributed by atoms with Gasteiger partial charge in [0.15, 0.2) is 11.4 Å². The lowest BCUT2D eigenvalue weighted by Gasteiger charge is -2.59. The van der Waals surface area contributed by atoms with Crippen LogP contribution < -0.4 is 15.0 Å². The maximum absolute atomic E-state index is 14.8. The van der Waals surface area contributed by atoms with Crippen molar-refractivity contribution in [2.45, 2.75) is 106 Å². The van der Waals surface area contributed by atoms with Gasteiger partial charge in [-0.15, -0.1) is 0 Å². The summed E-state index contributed by atoms with van der Waals surface area (Å²) in [6.07, 6.45) is 5.86. The van der Waals surface area contributed by atoms with Crippen LogP contribution in [0.4, 0.5) is 29.2 Å². The fourth-order valence-corrected chi connectivity index (χ4v) is 11.4. The maximum atomic E-state index is 14.8. The smallest absolute Gasteiger partial charge is 0.434 e. The highest BCUT2D eigenvalue weighted by molar-refractivity contribution is 5.99. The number of nitrogens with one attached hydrogen (secondary N) is 1. The number of likely N-dealkylation sites (tertiary alicyclic amines) is 1. The lowest BCUT2D eigenvalue weighted by atomic mass is 9.48. The van der Waals surface area contributed by atoms with Gasteiger partial charge in [-0.1, -0.05) is 19.3 Å². The number of aromatic nitrogens is 2. The second-order valence-electron chi connectivity index (χ2n) is 17.2. The summed E-state index contributed by atoms with van der Waals surface area (Å²) < 4.78 is 70.5. The predicted molar refractivity (Wildman–Crippen MR) is 185 cm³/mol. The third kappa shape index (κ3) is 6.06. The van der Waals surface area contributed by atoms with Crippen molar-refractivity contribution < 1.29 is 41.7 Å². The number of nitrogens with zero attached hydrogens (tertiary/aromatic N) is 4. The molecule has 1 spiro atoms. The van der Waals surface area contributed by atoms with Crippen LogP contribution in [0.2, 0.25) is 0 Å². The molecule has 1 aromatic heterocycles. The molecule has 14 heteroatoms. The lowest BCUT2D eigenvalue weighted by molar-refractivity contribution is -0.163. The fourth-order valence-electron chi connectivity index (χ4n) is 11.4. The average Bonchev–Trinajstić information content (AvgIpc) is 3.41. The molecule has 8 aliphatic rings. The van der Waals surface area contributed by atoms with Gasteiger partial charge in [-0.05, 0) is 105 Å². The molecule has 1 amide bonds. The van der Waals surface area contributed by atoms with Crippen molar-refractivity contribution in [3.05, 3.63) is 41.2 Å². The van der Waals surface area contributed by atoms with E-state index in [0.29, 0.717) is 62.0 Å². The highest BCUT2D eigenvalue weighted by atomic mass is 19.4. The van der Waals surface area contributed by atoms with Crippen LogP contribution in [0.1, 0.15) is 98.7 Å². The molecular weight excluding hydrogens is 694 g/mol. The molecule has 10 nitrogen and oxygen atoms in total. The van der Waals surface area contributed by atoms with E-state index in [9.17, 15) is 32.3 Å². The van der Waals surface area contributed by atoms with E-state index in [2.05, 4.69) is 20.2 Å². The number of hydrogen-bond donors (Lipinski definition) is 2. The molecule has 2 N–H and O–H groups in total. The third-order valence-corrected chi connectivity index (χ3v) is 13.8. The normalized spacial score (nSPS) is 31.7. The van der Waals surface area contributed by atoms with Gasteiger partial charge in [-0.25, -0.2) is 19.2 Å². The van der Waals surface area contributed by atoms with E-state index in [0.717, 1.165) is 76.2 Å². The third-order valence-electron chi connectivity index (χ3n) is 13.8. The van der Waals surface area contributed by atoms with Gasteiger partial charge in [-0.3, -0.25) is 9.69 Å². The van der Waals surface area contributed by atoms with Gasteiger partial charge in [0.05, 0.1) is 18.8 Å². The number of ether oxygens (including phenoxy) is 2. The molecule has 1 aromatic carbocycles. The zero-order valence-corrected chi connectivity index (χ0v) is 29.8. The number of carboxylic acid groups (broad SMARTS) is 1. The van der Waals surface area contributed by atoms with Crippen molar-refractivity contribution in [2.75, 3.05) is 44.3 Å². The van der Waals surface area contributed by atoms with Crippen LogP contribution in [-0.2, 0) is 21.1 Å². The number of carbonyl (C=O) groups excluding carboxylic acids is 1. The second-order valence-corrected chi connectivity index (χ2v) is 17.2. The summed E-state index contributed by atoms with van der Waals surface area (Å²) in [5, 5.41) is 13.1. The Morgan fingerprint density at radius 1 is 1.00 bits per heavy atom. The molecule has 2 aromatic rings. The number of benzene rings is 1. The van der Waals surface area contributed by atoms with Crippen molar-refractivity contribution in [1.82, 2.24) is 20.2 Å².